The third-order valence-electron chi connectivity index (χ3n) is 4.13. The van der Waals surface area contributed by atoms with Crippen LogP contribution < -0.4 is 4.74 Å². The van der Waals surface area contributed by atoms with Gasteiger partial charge in [-0.3, -0.25) is 9.48 Å². The van der Waals surface area contributed by atoms with E-state index in [0.717, 1.165) is 11.4 Å². The van der Waals surface area contributed by atoms with E-state index in [1.807, 2.05) is 36.5 Å². The Morgan fingerprint density at radius 2 is 2.04 bits per heavy atom. The summed E-state index contributed by atoms with van der Waals surface area (Å²) in [5, 5.41) is 12.3. The molecule has 3 heterocycles. The van der Waals surface area contributed by atoms with Crippen LogP contribution >= 0.6 is 0 Å². The van der Waals surface area contributed by atoms with Crippen molar-refractivity contribution in [3.8, 4) is 5.75 Å². The van der Waals surface area contributed by atoms with Gasteiger partial charge < -0.3 is 9.64 Å². The summed E-state index contributed by atoms with van der Waals surface area (Å²) >= 11 is 0. The van der Waals surface area contributed by atoms with Crippen molar-refractivity contribution in [1.82, 2.24) is 29.7 Å². The van der Waals surface area contributed by atoms with Crippen LogP contribution in [0.5, 0.6) is 5.75 Å². The van der Waals surface area contributed by atoms with Gasteiger partial charge >= 0.3 is 0 Å². The lowest BCUT2D eigenvalue weighted by atomic mass is 10.1. The number of ether oxygens (including phenoxy) is 1. The number of rotatable bonds is 6. The lowest BCUT2D eigenvalue weighted by molar-refractivity contribution is -0.138. The number of hydrogen-bond acceptors (Lipinski definition) is 5. The molecule has 1 fully saturated rings. The standard InChI is InChI=1S/C17H18N6O2/c24-17(12-22-8-4-7-18-22)21-10-15(11-21)23-9-14(19-20-23)13-25-16-5-2-1-3-6-16/h1-9,15H,10-13H2. The summed E-state index contributed by atoms with van der Waals surface area (Å²) in [5.74, 6) is 0.865. The molecule has 0 bridgehead atoms. The zero-order valence-corrected chi connectivity index (χ0v) is 13.6. The number of carbonyl (C=O) groups is 1. The van der Waals surface area contributed by atoms with Crippen LogP contribution in [0.25, 0.3) is 0 Å². The van der Waals surface area contributed by atoms with Gasteiger partial charge in [-0.15, -0.1) is 5.10 Å². The summed E-state index contributed by atoms with van der Waals surface area (Å²) in [6.07, 6.45) is 5.33. The van der Waals surface area contributed by atoms with E-state index in [9.17, 15) is 4.79 Å². The predicted molar refractivity (Wildman–Crippen MR) is 88.6 cm³/mol. The van der Waals surface area contributed by atoms with Gasteiger partial charge in [-0.2, -0.15) is 5.10 Å². The van der Waals surface area contributed by atoms with Gasteiger partial charge in [0.25, 0.3) is 0 Å². The van der Waals surface area contributed by atoms with Crippen LogP contribution in [-0.2, 0) is 17.9 Å². The topological polar surface area (TPSA) is 78.1 Å². The van der Waals surface area contributed by atoms with Gasteiger partial charge in [-0.05, 0) is 18.2 Å². The highest BCUT2D eigenvalue weighted by atomic mass is 16.5. The molecule has 0 saturated carbocycles. The normalized spacial score (nSPS) is 14.3. The molecule has 0 atom stereocenters. The van der Waals surface area contributed by atoms with E-state index in [0.29, 0.717) is 19.7 Å². The highest BCUT2D eigenvalue weighted by Gasteiger charge is 2.32. The monoisotopic (exact) mass is 338 g/mol. The molecule has 1 aromatic carbocycles. The van der Waals surface area contributed by atoms with E-state index in [1.54, 1.807) is 32.7 Å². The fourth-order valence-corrected chi connectivity index (χ4v) is 2.69. The molecule has 1 amide bonds. The second-order valence-electron chi connectivity index (χ2n) is 5.95. The number of para-hydroxylation sites is 1. The van der Waals surface area contributed by atoms with Gasteiger partial charge in [0.05, 0.1) is 12.2 Å². The molecule has 1 saturated heterocycles. The molecule has 128 valence electrons. The summed E-state index contributed by atoms with van der Waals surface area (Å²) in [6.45, 7) is 1.93. The molecule has 1 aliphatic rings. The van der Waals surface area contributed by atoms with E-state index in [1.165, 1.54) is 0 Å². The smallest absolute Gasteiger partial charge is 0.244 e. The van der Waals surface area contributed by atoms with Crippen LogP contribution in [0, 0.1) is 0 Å². The second kappa shape index (κ2) is 6.76. The quantitative estimate of drug-likeness (QED) is 0.673. The minimum Gasteiger partial charge on any atom is -0.487 e. The first-order valence-electron chi connectivity index (χ1n) is 8.12. The van der Waals surface area contributed by atoms with Gasteiger partial charge in [-0.1, -0.05) is 23.4 Å². The molecule has 2 aromatic heterocycles. The number of benzene rings is 1. The minimum absolute atomic E-state index is 0.0627. The Balaban J connectivity index is 1.27. The summed E-state index contributed by atoms with van der Waals surface area (Å²) in [4.78, 5) is 13.9. The number of hydrogen-bond donors (Lipinski definition) is 0. The van der Waals surface area contributed by atoms with E-state index >= 15 is 0 Å². The first-order valence-corrected chi connectivity index (χ1v) is 8.12. The van der Waals surface area contributed by atoms with Crippen molar-refractivity contribution in [3.05, 3.63) is 60.7 Å². The van der Waals surface area contributed by atoms with Crippen molar-refractivity contribution in [2.45, 2.75) is 19.2 Å². The van der Waals surface area contributed by atoms with Crippen LogP contribution in [0.3, 0.4) is 0 Å². The molecular formula is C17H18N6O2. The molecule has 25 heavy (non-hydrogen) atoms. The molecule has 1 aliphatic heterocycles. The Morgan fingerprint density at radius 1 is 1.20 bits per heavy atom. The van der Waals surface area contributed by atoms with Gasteiger partial charge in [0.15, 0.2) is 0 Å². The second-order valence-corrected chi connectivity index (χ2v) is 5.95. The van der Waals surface area contributed by atoms with Gasteiger partial charge in [-0.25, -0.2) is 4.68 Å². The van der Waals surface area contributed by atoms with Crippen molar-refractivity contribution in [2.75, 3.05) is 13.1 Å². The van der Waals surface area contributed by atoms with Crippen LogP contribution in [0.15, 0.2) is 55.0 Å². The SMILES string of the molecule is O=C(Cn1cccn1)N1CC(n2cc(COc3ccccc3)nn2)C1. The first-order chi connectivity index (χ1) is 12.3. The van der Waals surface area contributed by atoms with Crippen molar-refractivity contribution in [1.29, 1.82) is 0 Å². The Morgan fingerprint density at radius 3 is 2.80 bits per heavy atom. The molecule has 4 rings (SSSR count). The predicted octanol–water partition coefficient (Wildman–Crippen LogP) is 1.14. The largest absolute Gasteiger partial charge is 0.487 e. The average molecular weight is 338 g/mol. The fourth-order valence-electron chi connectivity index (χ4n) is 2.69. The summed E-state index contributed by atoms with van der Waals surface area (Å²) in [5.41, 5.74) is 0.769. The molecule has 0 N–H and O–H groups in total. The summed E-state index contributed by atoms with van der Waals surface area (Å²) in [6, 6.07) is 11.6. The van der Waals surface area contributed by atoms with Crippen molar-refractivity contribution < 1.29 is 9.53 Å². The lowest BCUT2D eigenvalue weighted by Gasteiger charge is -2.38. The van der Waals surface area contributed by atoms with E-state index in [2.05, 4.69) is 15.4 Å². The molecule has 8 nitrogen and oxygen atoms in total. The number of likely N-dealkylation sites (tertiary alicyclic amines) is 1. The average Bonchev–Trinajstić information content (AvgIpc) is 3.25. The van der Waals surface area contributed by atoms with Crippen LogP contribution in [0.1, 0.15) is 11.7 Å². The number of amides is 1. The Kier molecular flexibility index (Phi) is 4.16. The van der Waals surface area contributed by atoms with Gasteiger partial charge in [0, 0.05) is 25.5 Å². The third-order valence-corrected chi connectivity index (χ3v) is 4.13. The Hall–Kier alpha value is -3.16. The zero-order valence-electron chi connectivity index (χ0n) is 13.6. The van der Waals surface area contributed by atoms with Crippen molar-refractivity contribution in [2.24, 2.45) is 0 Å². The fraction of sp³-hybridized carbons (Fsp3) is 0.294. The zero-order chi connectivity index (χ0) is 17.1. The number of carbonyl (C=O) groups excluding carboxylic acids is 1. The van der Waals surface area contributed by atoms with Crippen molar-refractivity contribution in [3.63, 3.8) is 0 Å². The van der Waals surface area contributed by atoms with Gasteiger partial charge in [0.1, 0.15) is 24.6 Å². The molecule has 0 spiro atoms. The third kappa shape index (κ3) is 3.52. The minimum atomic E-state index is 0.0627. The first kappa shape index (κ1) is 15.4. The maximum Gasteiger partial charge on any atom is 0.244 e. The van der Waals surface area contributed by atoms with E-state index in [4.69, 9.17) is 4.74 Å². The van der Waals surface area contributed by atoms with E-state index in [-0.39, 0.29) is 18.5 Å². The van der Waals surface area contributed by atoms with Crippen LogP contribution in [0.2, 0.25) is 0 Å². The Labute approximate surface area is 144 Å². The Bertz CT molecular complexity index is 824. The lowest BCUT2D eigenvalue weighted by Crippen LogP contribution is -2.51. The highest BCUT2D eigenvalue weighted by molar-refractivity contribution is 5.76. The van der Waals surface area contributed by atoms with Gasteiger partial charge in [0.2, 0.25) is 5.91 Å². The molecular weight excluding hydrogens is 320 g/mol. The van der Waals surface area contributed by atoms with Crippen LogP contribution in [0.4, 0.5) is 0 Å². The molecule has 8 heteroatoms. The molecule has 0 unspecified atom stereocenters. The van der Waals surface area contributed by atoms with Crippen LogP contribution in [-0.4, -0.2) is 48.7 Å². The maximum absolute atomic E-state index is 12.1. The number of nitrogens with zero attached hydrogens (tertiary/aromatic N) is 6. The highest BCUT2D eigenvalue weighted by Crippen LogP contribution is 2.21. The maximum atomic E-state index is 12.1. The summed E-state index contributed by atoms with van der Waals surface area (Å²) in [7, 11) is 0. The van der Waals surface area contributed by atoms with Crippen molar-refractivity contribution >= 4 is 5.91 Å². The molecule has 0 aliphatic carbocycles. The molecule has 3 aromatic rings. The number of aromatic nitrogens is 5. The summed E-state index contributed by atoms with van der Waals surface area (Å²) < 4.78 is 9.10. The molecule has 0 radical (unpaired) electrons. The van der Waals surface area contributed by atoms with E-state index < -0.39 is 0 Å².